The third kappa shape index (κ3) is 4.28. The molecule has 5 nitrogen and oxygen atoms in total. The molecule has 0 unspecified atom stereocenters. The van der Waals surface area contributed by atoms with Crippen LogP contribution in [-0.2, 0) is 10.0 Å². The second-order valence-electron chi connectivity index (χ2n) is 5.21. The third-order valence-electron chi connectivity index (χ3n) is 3.23. The minimum Gasteiger partial charge on any atom is -0.336 e. The van der Waals surface area contributed by atoms with Crippen molar-refractivity contribution < 1.29 is 13.2 Å². The lowest BCUT2D eigenvalue weighted by Gasteiger charge is -2.27. The summed E-state index contributed by atoms with van der Waals surface area (Å²) in [5.74, 6) is -0.185. The van der Waals surface area contributed by atoms with Crippen molar-refractivity contribution in [1.29, 1.82) is 0 Å². The zero-order valence-corrected chi connectivity index (χ0v) is 15.1. The summed E-state index contributed by atoms with van der Waals surface area (Å²) in [6, 6.07) is 2.80. The lowest BCUT2D eigenvalue weighted by molar-refractivity contribution is 0.0705. The fourth-order valence-corrected chi connectivity index (χ4v) is 3.21. The lowest BCUT2D eigenvalue weighted by atomic mass is 10.1. The van der Waals surface area contributed by atoms with Crippen molar-refractivity contribution >= 4 is 31.9 Å². The van der Waals surface area contributed by atoms with Crippen molar-refractivity contribution in [1.82, 2.24) is 4.90 Å². The van der Waals surface area contributed by atoms with Crippen LogP contribution in [0.2, 0.25) is 0 Å². The predicted octanol–water partition coefficient (Wildman–Crippen LogP) is 2.67. The van der Waals surface area contributed by atoms with E-state index in [2.05, 4.69) is 15.9 Å². The monoisotopic (exact) mass is 376 g/mol. The molecular formula is C14H21BrN2O3S. The van der Waals surface area contributed by atoms with Gasteiger partial charge in [-0.1, -0.05) is 22.9 Å². The van der Waals surface area contributed by atoms with Crippen LogP contribution in [0.25, 0.3) is 0 Å². The Balaban J connectivity index is 3.41. The first-order valence-electron chi connectivity index (χ1n) is 6.73. The highest BCUT2D eigenvalue weighted by Gasteiger charge is 2.23. The van der Waals surface area contributed by atoms with Gasteiger partial charge in [0, 0.05) is 22.6 Å². The smallest absolute Gasteiger partial charge is 0.254 e. The molecule has 0 aliphatic heterocycles. The Labute approximate surface area is 134 Å². The van der Waals surface area contributed by atoms with Crippen molar-refractivity contribution in [2.24, 2.45) is 5.14 Å². The second-order valence-corrected chi connectivity index (χ2v) is 7.63. The zero-order valence-electron chi connectivity index (χ0n) is 12.7. The van der Waals surface area contributed by atoms with Crippen molar-refractivity contribution in [3.63, 3.8) is 0 Å². The summed E-state index contributed by atoms with van der Waals surface area (Å²) in [6.07, 6.45) is 0.832. The molecule has 2 N–H and O–H groups in total. The van der Waals surface area contributed by atoms with E-state index in [4.69, 9.17) is 5.14 Å². The van der Waals surface area contributed by atoms with Gasteiger partial charge in [-0.3, -0.25) is 4.79 Å². The van der Waals surface area contributed by atoms with Crippen LogP contribution in [0.4, 0.5) is 0 Å². The maximum atomic E-state index is 12.7. The van der Waals surface area contributed by atoms with E-state index in [0.717, 1.165) is 6.42 Å². The normalized spacial score (nSPS) is 11.8. The van der Waals surface area contributed by atoms with Crippen LogP contribution in [0.1, 0.15) is 43.1 Å². The first-order valence-corrected chi connectivity index (χ1v) is 9.07. The van der Waals surface area contributed by atoms with Crippen molar-refractivity contribution in [2.75, 3.05) is 6.54 Å². The summed E-state index contributed by atoms with van der Waals surface area (Å²) in [5.41, 5.74) is 1.06. The molecule has 0 radical (unpaired) electrons. The lowest BCUT2D eigenvalue weighted by Crippen LogP contribution is -2.38. The van der Waals surface area contributed by atoms with Crippen LogP contribution in [-0.4, -0.2) is 31.8 Å². The summed E-state index contributed by atoms with van der Waals surface area (Å²) in [7, 11) is -3.86. The van der Waals surface area contributed by atoms with Gasteiger partial charge in [0.05, 0.1) is 4.90 Å². The van der Waals surface area contributed by atoms with E-state index >= 15 is 0 Å². The van der Waals surface area contributed by atoms with Crippen molar-refractivity contribution in [3.05, 3.63) is 27.7 Å². The molecule has 0 saturated carbocycles. The van der Waals surface area contributed by atoms with Crippen LogP contribution < -0.4 is 5.14 Å². The molecule has 0 saturated heterocycles. The number of amides is 1. The van der Waals surface area contributed by atoms with Crippen molar-refractivity contribution in [2.45, 2.75) is 45.1 Å². The van der Waals surface area contributed by atoms with E-state index in [1.807, 2.05) is 20.8 Å². The Morgan fingerprint density at radius 1 is 1.38 bits per heavy atom. The Kier molecular flexibility index (Phi) is 5.95. The van der Waals surface area contributed by atoms with Gasteiger partial charge in [0.15, 0.2) is 0 Å². The van der Waals surface area contributed by atoms with Gasteiger partial charge in [-0.05, 0) is 44.9 Å². The molecule has 0 bridgehead atoms. The van der Waals surface area contributed by atoms with Gasteiger partial charge in [-0.25, -0.2) is 13.6 Å². The Morgan fingerprint density at radius 2 is 1.95 bits per heavy atom. The molecule has 7 heteroatoms. The molecular weight excluding hydrogens is 356 g/mol. The molecule has 1 rings (SSSR count). The summed E-state index contributed by atoms with van der Waals surface area (Å²) >= 11 is 3.29. The van der Waals surface area contributed by atoms with Crippen LogP contribution in [0.5, 0.6) is 0 Å². The summed E-state index contributed by atoms with van der Waals surface area (Å²) in [4.78, 5) is 14.4. The number of carbonyl (C=O) groups excluding carboxylic acids is 1. The SMILES string of the molecule is CCCN(C(=O)c1cc(S(N)(=O)=O)cc(Br)c1C)C(C)C. The van der Waals surface area contributed by atoms with Crippen LogP contribution in [0.3, 0.4) is 0 Å². The van der Waals surface area contributed by atoms with E-state index in [0.29, 0.717) is 22.1 Å². The Bertz CT molecular complexity index is 642. The maximum Gasteiger partial charge on any atom is 0.254 e. The zero-order chi connectivity index (χ0) is 16.4. The van der Waals surface area contributed by atoms with Gasteiger partial charge >= 0.3 is 0 Å². The predicted molar refractivity (Wildman–Crippen MR) is 86.7 cm³/mol. The maximum absolute atomic E-state index is 12.7. The topological polar surface area (TPSA) is 80.5 Å². The first-order chi connectivity index (χ1) is 9.59. The molecule has 0 spiro atoms. The standard InChI is InChI=1S/C14H21BrN2O3S/c1-5-6-17(9(2)3)14(18)12-7-11(21(16,19)20)8-13(15)10(12)4/h7-9H,5-6H2,1-4H3,(H2,16,19,20). The summed E-state index contributed by atoms with van der Waals surface area (Å²) in [5, 5.41) is 5.17. The van der Waals surface area contributed by atoms with Crippen LogP contribution in [0, 0.1) is 6.92 Å². The molecule has 0 aromatic heterocycles. The molecule has 21 heavy (non-hydrogen) atoms. The van der Waals surface area contributed by atoms with Crippen LogP contribution >= 0.6 is 15.9 Å². The molecule has 1 aromatic carbocycles. The number of rotatable bonds is 5. The molecule has 0 fully saturated rings. The third-order valence-corrected chi connectivity index (χ3v) is 4.94. The molecule has 0 aliphatic rings. The van der Waals surface area contributed by atoms with E-state index in [1.165, 1.54) is 12.1 Å². The quantitative estimate of drug-likeness (QED) is 0.857. The van der Waals surface area contributed by atoms with Gasteiger partial charge in [0.1, 0.15) is 0 Å². The van der Waals surface area contributed by atoms with Crippen molar-refractivity contribution in [3.8, 4) is 0 Å². The highest BCUT2D eigenvalue weighted by Crippen LogP contribution is 2.26. The average molecular weight is 377 g/mol. The number of hydrogen-bond donors (Lipinski definition) is 1. The molecule has 0 heterocycles. The largest absolute Gasteiger partial charge is 0.336 e. The Morgan fingerprint density at radius 3 is 2.38 bits per heavy atom. The molecule has 1 aromatic rings. The number of hydrogen-bond acceptors (Lipinski definition) is 3. The van der Waals surface area contributed by atoms with E-state index in [-0.39, 0.29) is 16.8 Å². The average Bonchev–Trinajstić information content (AvgIpc) is 2.36. The fourth-order valence-electron chi connectivity index (χ4n) is 2.03. The Hall–Kier alpha value is -0.920. The number of halogens is 1. The van der Waals surface area contributed by atoms with E-state index in [1.54, 1.807) is 11.8 Å². The van der Waals surface area contributed by atoms with E-state index in [9.17, 15) is 13.2 Å². The van der Waals surface area contributed by atoms with Gasteiger partial charge in [0.25, 0.3) is 5.91 Å². The molecule has 0 aliphatic carbocycles. The molecule has 0 atom stereocenters. The number of nitrogens with zero attached hydrogens (tertiary/aromatic N) is 1. The van der Waals surface area contributed by atoms with Crippen LogP contribution in [0.15, 0.2) is 21.5 Å². The number of primary sulfonamides is 1. The van der Waals surface area contributed by atoms with Gasteiger partial charge in [-0.15, -0.1) is 0 Å². The number of nitrogens with two attached hydrogens (primary N) is 1. The van der Waals surface area contributed by atoms with Gasteiger partial charge in [-0.2, -0.15) is 0 Å². The first kappa shape index (κ1) is 18.1. The minimum atomic E-state index is -3.86. The summed E-state index contributed by atoms with van der Waals surface area (Å²) in [6.45, 7) is 8.25. The van der Waals surface area contributed by atoms with Gasteiger partial charge in [0.2, 0.25) is 10.0 Å². The highest BCUT2D eigenvalue weighted by atomic mass is 79.9. The van der Waals surface area contributed by atoms with E-state index < -0.39 is 10.0 Å². The number of sulfonamides is 1. The molecule has 118 valence electrons. The molecule has 1 amide bonds. The second kappa shape index (κ2) is 6.89. The number of carbonyl (C=O) groups is 1. The highest BCUT2D eigenvalue weighted by molar-refractivity contribution is 9.10. The fraction of sp³-hybridized carbons (Fsp3) is 0.500. The number of benzene rings is 1. The minimum absolute atomic E-state index is 0.0359. The van der Waals surface area contributed by atoms with Gasteiger partial charge < -0.3 is 4.90 Å². The summed E-state index contributed by atoms with van der Waals surface area (Å²) < 4.78 is 23.6.